The number of hydrogen-bond donors (Lipinski definition) is 2. The first-order chi connectivity index (χ1) is 7.63. The molecule has 2 N–H and O–H groups in total. The third kappa shape index (κ3) is 1.59. The molecule has 0 aliphatic rings. The van der Waals surface area contributed by atoms with Crippen molar-refractivity contribution in [2.75, 3.05) is 7.11 Å². The van der Waals surface area contributed by atoms with Crippen LogP contribution in [0.1, 0.15) is 11.7 Å². The fourth-order valence-corrected chi connectivity index (χ4v) is 1.39. The van der Waals surface area contributed by atoms with E-state index in [0.29, 0.717) is 5.58 Å². The number of aliphatic carboxylic acids is 1. The summed E-state index contributed by atoms with van der Waals surface area (Å²) < 4.78 is 9.94. The number of nitrogens with zero attached hydrogens (tertiary/aromatic N) is 1. The van der Waals surface area contributed by atoms with E-state index >= 15 is 0 Å². The van der Waals surface area contributed by atoms with Gasteiger partial charge in [-0.15, -0.1) is 0 Å². The lowest BCUT2D eigenvalue weighted by atomic mass is 10.1. The molecule has 1 aromatic carbocycles. The number of para-hydroxylation sites is 1. The summed E-state index contributed by atoms with van der Waals surface area (Å²) in [5.41, 5.74) is 0.834. The van der Waals surface area contributed by atoms with Crippen LogP contribution in [0.3, 0.4) is 0 Å². The van der Waals surface area contributed by atoms with Crippen LogP contribution in [-0.4, -0.2) is 28.3 Å². The fourth-order valence-electron chi connectivity index (χ4n) is 1.39. The summed E-state index contributed by atoms with van der Waals surface area (Å²) in [6.45, 7) is 0. The number of aliphatic hydroxyl groups is 1. The lowest BCUT2D eigenvalue weighted by Crippen LogP contribution is -2.10. The molecule has 6 nitrogen and oxygen atoms in total. The van der Waals surface area contributed by atoms with E-state index in [1.54, 1.807) is 12.1 Å². The molecule has 84 valence electrons. The molecule has 1 heterocycles. The standard InChI is InChI=1S/C10H9NO5/c1-15-10-11-7-5(8(12)9(13)14)3-2-4-6(7)16-10/h2-4,8,12H,1H3,(H,13,14). The van der Waals surface area contributed by atoms with Gasteiger partial charge in [0.1, 0.15) is 5.52 Å². The minimum absolute atomic E-state index is 0.0278. The highest BCUT2D eigenvalue weighted by atomic mass is 16.6. The second-order valence-corrected chi connectivity index (χ2v) is 3.12. The zero-order valence-electron chi connectivity index (χ0n) is 8.38. The number of aliphatic hydroxyl groups excluding tert-OH is 1. The number of benzene rings is 1. The number of carboxylic acids is 1. The number of ether oxygens (including phenoxy) is 1. The minimum atomic E-state index is -1.63. The van der Waals surface area contributed by atoms with Crippen molar-refractivity contribution in [1.82, 2.24) is 4.98 Å². The molecule has 0 saturated carbocycles. The predicted molar refractivity (Wildman–Crippen MR) is 53.2 cm³/mol. The largest absolute Gasteiger partial charge is 0.479 e. The maximum absolute atomic E-state index is 10.7. The summed E-state index contributed by atoms with van der Waals surface area (Å²) >= 11 is 0. The molecule has 0 radical (unpaired) electrons. The van der Waals surface area contributed by atoms with Crippen LogP contribution in [0.4, 0.5) is 0 Å². The van der Waals surface area contributed by atoms with Crippen LogP contribution in [0.5, 0.6) is 6.08 Å². The SMILES string of the molecule is COc1nc2c(C(O)C(=O)O)cccc2o1. The van der Waals surface area contributed by atoms with Crippen molar-refractivity contribution in [3.05, 3.63) is 23.8 Å². The van der Waals surface area contributed by atoms with Crippen molar-refractivity contribution < 1.29 is 24.2 Å². The summed E-state index contributed by atoms with van der Waals surface area (Å²) in [5.74, 6) is -1.34. The Morgan fingerprint density at radius 2 is 2.31 bits per heavy atom. The van der Waals surface area contributed by atoms with Crippen LogP contribution in [0.25, 0.3) is 11.1 Å². The Morgan fingerprint density at radius 1 is 1.56 bits per heavy atom. The Bertz CT molecular complexity index is 533. The van der Waals surface area contributed by atoms with Gasteiger partial charge >= 0.3 is 12.0 Å². The minimum Gasteiger partial charge on any atom is -0.479 e. The lowest BCUT2D eigenvalue weighted by molar-refractivity contribution is -0.146. The van der Waals surface area contributed by atoms with Gasteiger partial charge in [0.05, 0.1) is 7.11 Å². The number of aromatic nitrogens is 1. The van der Waals surface area contributed by atoms with Gasteiger partial charge in [0.25, 0.3) is 0 Å². The van der Waals surface area contributed by atoms with Crippen LogP contribution in [0.15, 0.2) is 22.6 Å². The zero-order chi connectivity index (χ0) is 11.7. The van der Waals surface area contributed by atoms with Gasteiger partial charge in [-0.2, -0.15) is 4.98 Å². The van der Waals surface area contributed by atoms with Crippen LogP contribution < -0.4 is 4.74 Å². The monoisotopic (exact) mass is 223 g/mol. The second-order valence-electron chi connectivity index (χ2n) is 3.12. The van der Waals surface area contributed by atoms with Crippen molar-refractivity contribution in [2.45, 2.75) is 6.10 Å². The topological polar surface area (TPSA) is 92.8 Å². The van der Waals surface area contributed by atoms with Crippen molar-refractivity contribution in [3.63, 3.8) is 0 Å². The van der Waals surface area contributed by atoms with Crippen molar-refractivity contribution in [2.24, 2.45) is 0 Å². The van der Waals surface area contributed by atoms with Crippen LogP contribution in [0.2, 0.25) is 0 Å². The molecule has 16 heavy (non-hydrogen) atoms. The molecular formula is C10H9NO5. The maximum atomic E-state index is 10.7. The predicted octanol–water partition coefficient (Wildman–Crippen LogP) is 0.954. The van der Waals surface area contributed by atoms with E-state index in [0.717, 1.165) is 0 Å². The summed E-state index contributed by atoms with van der Waals surface area (Å²) in [4.78, 5) is 14.6. The third-order valence-corrected chi connectivity index (χ3v) is 2.13. The third-order valence-electron chi connectivity index (χ3n) is 2.13. The average molecular weight is 223 g/mol. The van der Waals surface area contributed by atoms with E-state index in [1.807, 2.05) is 0 Å². The molecule has 0 aliphatic heterocycles. The highest BCUT2D eigenvalue weighted by Gasteiger charge is 2.21. The van der Waals surface area contributed by atoms with E-state index in [-0.39, 0.29) is 17.2 Å². The van der Waals surface area contributed by atoms with Gasteiger partial charge in [0.2, 0.25) is 0 Å². The average Bonchev–Trinajstić information content (AvgIpc) is 2.70. The van der Waals surface area contributed by atoms with E-state index in [1.165, 1.54) is 13.2 Å². The summed E-state index contributed by atoms with van der Waals surface area (Å²) in [6.07, 6.45) is -1.60. The van der Waals surface area contributed by atoms with Crippen molar-refractivity contribution >= 4 is 17.1 Å². The van der Waals surface area contributed by atoms with E-state index in [4.69, 9.17) is 14.3 Å². The number of oxazole rings is 1. The quantitative estimate of drug-likeness (QED) is 0.804. The van der Waals surface area contributed by atoms with Gasteiger partial charge in [0.15, 0.2) is 11.7 Å². The first kappa shape index (κ1) is 10.4. The Hall–Kier alpha value is -2.08. The molecule has 0 amide bonds. The molecule has 0 aliphatic carbocycles. The van der Waals surface area contributed by atoms with E-state index in [2.05, 4.69) is 4.98 Å². The molecule has 0 spiro atoms. The van der Waals surface area contributed by atoms with Crippen LogP contribution >= 0.6 is 0 Å². The van der Waals surface area contributed by atoms with Crippen LogP contribution in [-0.2, 0) is 4.79 Å². The number of methoxy groups -OCH3 is 1. The van der Waals surface area contributed by atoms with Crippen molar-refractivity contribution in [1.29, 1.82) is 0 Å². The molecule has 0 saturated heterocycles. The number of carboxylic acid groups (broad SMARTS) is 1. The van der Waals surface area contributed by atoms with Crippen molar-refractivity contribution in [3.8, 4) is 6.08 Å². The molecule has 1 atom stereocenters. The smallest absolute Gasteiger partial charge is 0.394 e. The zero-order valence-corrected chi connectivity index (χ0v) is 8.38. The van der Waals surface area contributed by atoms with Gasteiger partial charge in [-0.05, 0) is 6.07 Å². The lowest BCUT2D eigenvalue weighted by Gasteiger charge is -2.04. The Morgan fingerprint density at radius 3 is 2.94 bits per heavy atom. The van der Waals surface area contributed by atoms with Gasteiger partial charge in [0, 0.05) is 5.56 Å². The maximum Gasteiger partial charge on any atom is 0.394 e. The Balaban J connectivity index is 2.60. The molecular weight excluding hydrogens is 214 g/mol. The first-order valence-corrected chi connectivity index (χ1v) is 4.48. The second kappa shape index (κ2) is 3.82. The first-order valence-electron chi connectivity index (χ1n) is 4.48. The van der Waals surface area contributed by atoms with Gasteiger partial charge < -0.3 is 19.4 Å². The fraction of sp³-hybridized carbons (Fsp3) is 0.200. The highest BCUT2D eigenvalue weighted by Crippen LogP contribution is 2.27. The normalized spacial score (nSPS) is 12.6. The number of rotatable bonds is 3. The van der Waals surface area contributed by atoms with E-state index in [9.17, 15) is 9.90 Å². The summed E-state index contributed by atoms with van der Waals surface area (Å²) in [6, 6.07) is 4.67. The number of hydrogen-bond acceptors (Lipinski definition) is 5. The van der Waals surface area contributed by atoms with Gasteiger partial charge in [-0.1, -0.05) is 12.1 Å². The number of fused-ring (bicyclic) bond motifs is 1. The summed E-state index contributed by atoms with van der Waals surface area (Å²) in [7, 11) is 1.39. The molecule has 1 unspecified atom stereocenters. The van der Waals surface area contributed by atoms with Crippen LogP contribution in [0, 0.1) is 0 Å². The highest BCUT2D eigenvalue weighted by molar-refractivity contribution is 5.84. The van der Waals surface area contributed by atoms with Gasteiger partial charge in [-0.3, -0.25) is 0 Å². The number of carbonyl (C=O) groups is 1. The molecule has 2 aromatic rings. The molecule has 2 rings (SSSR count). The summed E-state index contributed by atoms with van der Waals surface area (Å²) in [5, 5.41) is 18.2. The van der Waals surface area contributed by atoms with E-state index < -0.39 is 12.1 Å². The van der Waals surface area contributed by atoms with Gasteiger partial charge in [-0.25, -0.2) is 4.79 Å². The Labute approximate surface area is 90.1 Å². The Kier molecular flexibility index (Phi) is 2.49. The molecule has 6 heteroatoms. The molecule has 0 fully saturated rings. The molecule has 0 bridgehead atoms. The molecule has 1 aromatic heterocycles.